The summed E-state index contributed by atoms with van der Waals surface area (Å²) >= 11 is 0. The number of anilines is 1. The number of nitrogens with zero attached hydrogens (tertiary/aromatic N) is 3. The van der Waals surface area contributed by atoms with Gasteiger partial charge in [0.15, 0.2) is 0 Å². The van der Waals surface area contributed by atoms with Crippen LogP contribution in [-0.2, 0) is 6.18 Å². The van der Waals surface area contributed by atoms with Gasteiger partial charge in [0, 0.05) is 5.56 Å². The van der Waals surface area contributed by atoms with Crippen LogP contribution in [0.3, 0.4) is 0 Å². The maximum atomic E-state index is 14.0. The van der Waals surface area contributed by atoms with Crippen molar-refractivity contribution < 1.29 is 22.3 Å². The molecule has 118 valence electrons. The van der Waals surface area contributed by atoms with Crippen LogP contribution < -0.4 is 10.5 Å². The molecule has 2 rings (SSSR count). The number of imidazole rings is 1. The zero-order chi connectivity index (χ0) is 16.5. The van der Waals surface area contributed by atoms with Gasteiger partial charge in [-0.05, 0) is 19.1 Å². The van der Waals surface area contributed by atoms with Gasteiger partial charge in [-0.15, -0.1) is 0 Å². The highest BCUT2D eigenvalue weighted by molar-refractivity contribution is 5.81. The average molecular weight is 316 g/mol. The maximum absolute atomic E-state index is 14.0. The lowest BCUT2D eigenvalue weighted by Gasteiger charge is -2.11. The normalized spacial score (nSPS) is 12.1. The van der Waals surface area contributed by atoms with Crippen LogP contribution in [0.25, 0.3) is 0 Å². The Kier molecular flexibility index (Phi) is 4.07. The quantitative estimate of drug-likeness (QED) is 0.699. The zero-order valence-electron chi connectivity index (χ0n) is 11.6. The number of hydrogen-bond donors (Lipinski definition) is 1. The molecule has 0 spiro atoms. The predicted molar refractivity (Wildman–Crippen MR) is 72.3 cm³/mol. The van der Waals surface area contributed by atoms with E-state index < -0.39 is 17.6 Å². The molecule has 0 aliphatic heterocycles. The lowest BCUT2D eigenvalue weighted by atomic mass is 10.1. The Morgan fingerprint density at radius 3 is 2.55 bits per heavy atom. The minimum absolute atomic E-state index is 0.0353. The zero-order valence-corrected chi connectivity index (χ0v) is 11.6. The third-order valence-corrected chi connectivity index (χ3v) is 2.77. The summed E-state index contributed by atoms with van der Waals surface area (Å²) in [4.78, 5) is 3.86. The van der Waals surface area contributed by atoms with E-state index in [1.54, 1.807) is 6.92 Å². The van der Waals surface area contributed by atoms with Crippen LogP contribution in [0.4, 0.5) is 23.5 Å². The smallest absolute Gasteiger partial charge is 0.419 e. The maximum Gasteiger partial charge on any atom is 0.419 e. The summed E-state index contributed by atoms with van der Waals surface area (Å²) in [5.41, 5.74) is 4.30. The number of halogens is 4. The van der Waals surface area contributed by atoms with Crippen LogP contribution in [0, 0.1) is 12.7 Å². The van der Waals surface area contributed by atoms with Crippen molar-refractivity contribution in [1.82, 2.24) is 9.66 Å². The van der Waals surface area contributed by atoms with Crippen LogP contribution in [-0.4, -0.2) is 23.0 Å². The number of aromatic nitrogens is 2. The summed E-state index contributed by atoms with van der Waals surface area (Å²) in [5.74, 6) is -1.54. The second-order valence-corrected chi connectivity index (χ2v) is 4.41. The molecule has 5 nitrogen and oxygen atoms in total. The van der Waals surface area contributed by atoms with Crippen LogP contribution in [0.5, 0.6) is 5.75 Å². The van der Waals surface area contributed by atoms with Gasteiger partial charge in [-0.25, -0.2) is 14.1 Å². The van der Waals surface area contributed by atoms with Crippen LogP contribution in [0.1, 0.15) is 16.8 Å². The van der Waals surface area contributed by atoms with Crippen molar-refractivity contribution in [3.8, 4) is 5.75 Å². The van der Waals surface area contributed by atoms with Crippen molar-refractivity contribution in [3.05, 3.63) is 41.0 Å². The van der Waals surface area contributed by atoms with Crippen LogP contribution >= 0.6 is 0 Å². The van der Waals surface area contributed by atoms with E-state index in [0.717, 1.165) is 17.0 Å². The first-order valence-electron chi connectivity index (χ1n) is 6.03. The van der Waals surface area contributed by atoms with Crippen LogP contribution in [0.2, 0.25) is 0 Å². The highest BCUT2D eigenvalue weighted by Gasteiger charge is 2.35. The van der Waals surface area contributed by atoms with Gasteiger partial charge in [-0.3, -0.25) is 0 Å². The molecule has 0 bridgehead atoms. The van der Waals surface area contributed by atoms with E-state index >= 15 is 0 Å². The lowest BCUT2D eigenvalue weighted by molar-refractivity contribution is -0.140. The molecule has 0 aliphatic rings. The fourth-order valence-corrected chi connectivity index (χ4v) is 1.76. The molecule has 9 heteroatoms. The molecule has 0 amide bonds. The highest BCUT2D eigenvalue weighted by atomic mass is 19.4. The Bertz CT molecular complexity index is 722. The number of ether oxygens (including phenoxy) is 1. The molecular weight excluding hydrogens is 304 g/mol. The van der Waals surface area contributed by atoms with Gasteiger partial charge in [0.1, 0.15) is 11.6 Å². The second kappa shape index (κ2) is 5.66. The molecule has 0 radical (unpaired) electrons. The molecule has 2 aromatic rings. The van der Waals surface area contributed by atoms with Crippen molar-refractivity contribution >= 4 is 12.2 Å². The second-order valence-electron chi connectivity index (χ2n) is 4.41. The number of rotatable bonds is 3. The van der Waals surface area contributed by atoms with E-state index in [-0.39, 0.29) is 17.3 Å². The molecule has 0 atom stereocenters. The summed E-state index contributed by atoms with van der Waals surface area (Å²) in [5, 5.41) is 3.80. The Balaban J connectivity index is 2.48. The van der Waals surface area contributed by atoms with E-state index in [2.05, 4.69) is 10.1 Å². The number of benzene rings is 1. The van der Waals surface area contributed by atoms with Gasteiger partial charge in [-0.1, -0.05) is 0 Å². The van der Waals surface area contributed by atoms with E-state index in [1.165, 1.54) is 13.3 Å². The Labute approximate surface area is 123 Å². The third-order valence-electron chi connectivity index (χ3n) is 2.77. The fourth-order valence-electron chi connectivity index (χ4n) is 1.76. The third kappa shape index (κ3) is 3.18. The molecule has 0 saturated carbocycles. The number of nitrogens with two attached hydrogens (primary N) is 1. The van der Waals surface area contributed by atoms with Crippen molar-refractivity contribution in [1.29, 1.82) is 0 Å². The number of nitrogen functional groups attached to an aromatic ring is 1. The minimum atomic E-state index is -4.84. The summed E-state index contributed by atoms with van der Waals surface area (Å²) < 4.78 is 58.3. The molecule has 0 unspecified atom stereocenters. The summed E-state index contributed by atoms with van der Waals surface area (Å²) in [6, 6.07) is 1.69. The Morgan fingerprint density at radius 1 is 1.36 bits per heavy atom. The summed E-state index contributed by atoms with van der Waals surface area (Å²) in [6.45, 7) is 1.66. The van der Waals surface area contributed by atoms with Gasteiger partial charge in [-0.2, -0.15) is 18.3 Å². The molecule has 2 N–H and O–H groups in total. The monoisotopic (exact) mass is 316 g/mol. The predicted octanol–water partition coefficient (Wildman–Crippen LogP) is 2.82. The van der Waals surface area contributed by atoms with Crippen molar-refractivity contribution in [2.24, 2.45) is 5.10 Å². The van der Waals surface area contributed by atoms with Gasteiger partial charge >= 0.3 is 6.18 Å². The van der Waals surface area contributed by atoms with Crippen molar-refractivity contribution in [2.75, 3.05) is 12.8 Å². The SMILES string of the molecule is COc1cc(C=Nn2cc(C)nc2N)c(F)c(C(F)(F)F)c1. The summed E-state index contributed by atoms with van der Waals surface area (Å²) in [6.07, 6.45) is -2.47. The lowest BCUT2D eigenvalue weighted by Crippen LogP contribution is -2.11. The number of hydrogen-bond acceptors (Lipinski definition) is 4. The van der Waals surface area contributed by atoms with E-state index in [9.17, 15) is 17.6 Å². The minimum Gasteiger partial charge on any atom is -0.497 e. The number of alkyl halides is 3. The van der Waals surface area contributed by atoms with Gasteiger partial charge in [0.25, 0.3) is 0 Å². The van der Waals surface area contributed by atoms with E-state index in [1.807, 2.05) is 0 Å². The molecule has 22 heavy (non-hydrogen) atoms. The number of aryl methyl sites for hydroxylation is 1. The molecule has 1 heterocycles. The van der Waals surface area contributed by atoms with Gasteiger partial charge in [0.2, 0.25) is 5.95 Å². The highest BCUT2D eigenvalue weighted by Crippen LogP contribution is 2.35. The van der Waals surface area contributed by atoms with Gasteiger partial charge in [0.05, 0.1) is 30.8 Å². The standard InChI is InChI=1S/C13H12F4N4O/c1-7-6-21(12(18)20-7)19-5-8-3-9(22-2)4-10(11(8)14)13(15,16)17/h3-6H,1-2H3,(H2,18,20). The fraction of sp³-hybridized carbons (Fsp3) is 0.231. The number of methoxy groups -OCH3 is 1. The molecule has 0 saturated heterocycles. The van der Waals surface area contributed by atoms with Crippen LogP contribution in [0.15, 0.2) is 23.4 Å². The largest absolute Gasteiger partial charge is 0.497 e. The molecular formula is C13H12F4N4O. The van der Waals surface area contributed by atoms with E-state index in [0.29, 0.717) is 11.8 Å². The molecule has 1 aromatic carbocycles. The Hall–Kier alpha value is -2.58. The van der Waals surface area contributed by atoms with E-state index in [4.69, 9.17) is 10.5 Å². The molecule has 0 aliphatic carbocycles. The topological polar surface area (TPSA) is 65.4 Å². The molecule has 0 fully saturated rings. The van der Waals surface area contributed by atoms with Gasteiger partial charge < -0.3 is 10.5 Å². The first kappa shape index (κ1) is 15.8. The Morgan fingerprint density at radius 2 is 2.05 bits per heavy atom. The molecule has 1 aromatic heterocycles. The summed E-state index contributed by atoms with van der Waals surface area (Å²) in [7, 11) is 1.19. The average Bonchev–Trinajstić information content (AvgIpc) is 2.74. The first-order chi connectivity index (χ1) is 10.2. The van der Waals surface area contributed by atoms with Crippen molar-refractivity contribution in [2.45, 2.75) is 13.1 Å². The first-order valence-corrected chi connectivity index (χ1v) is 6.03. The van der Waals surface area contributed by atoms with Crippen molar-refractivity contribution in [3.63, 3.8) is 0 Å².